The third-order valence-corrected chi connectivity index (χ3v) is 5.17. The van der Waals surface area contributed by atoms with Crippen molar-refractivity contribution in [2.45, 2.75) is 24.2 Å². The number of esters is 1. The van der Waals surface area contributed by atoms with Gasteiger partial charge in [-0.3, -0.25) is 9.52 Å². The van der Waals surface area contributed by atoms with Gasteiger partial charge < -0.3 is 4.74 Å². The first kappa shape index (κ1) is 21.0. The number of carbonyl (C=O) groups excluding carboxylic acids is 1. The monoisotopic (exact) mass is 434 g/mol. The lowest BCUT2D eigenvalue weighted by molar-refractivity contribution is -0.144. The lowest BCUT2D eigenvalue weighted by Gasteiger charge is -2.16. The summed E-state index contributed by atoms with van der Waals surface area (Å²) in [7, 11) is -4.93. The standard InChI is InChI=1S/C13H8F6N2O4S2/c1-6(22)25-10-5-20-11(26-10)21-27(23,24)9-3-2-7(12(14,15)16)4-8(9)13(17,18)19/h2-5H,1H3,(H,20,21). The van der Waals surface area contributed by atoms with Gasteiger partial charge in [0, 0.05) is 6.92 Å². The Morgan fingerprint density at radius 3 is 2.30 bits per heavy atom. The lowest BCUT2D eigenvalue weighted by atomic mass is 10.1. The van der Waals surface area contributed by atoms with Gasteiger partial charge >= 0.3 is 18.3 Å². The summed E-state index contributed by atoms with van der Waals surface area (Å²) in [6.45, 7) is 1.06. The van der Waals surface area contributed by atoms with Crippen molar-refractivity contribution in [3.8, 4) is 5.06 Å². The number of benzene rings is 1. The average Bonchev–Trinajstić information content (AvgIpc) is 2.90. The highest BCUT2D eigenvalue weighted by Crippen LogP contribution is 2.39. The summed E-state index contributed by atoms with van der Waals surface area (Å²) in [5.74, 6) is -0.741. The quantitative estimate of drug-likeness (QED) is 0.583. The third kappa shape index (κ3) is 5.09. The van der Waals surface area contributed by atoms with Crippen LogP contribution in [0, 0.1) is 0 Å². The smallest absolute Gasteiger partial charge is 0.414 e. The predicted molar refractivity (Wildman–Crippen MR) is 80.7 cm³/mol. The van der Waals surface area contributed by atoms with Gasteiger partial charge in [0.1, 0.15) is 0 Å². The van der Waals surface area contributed by atoms with Crippen molar-refractivity contribution in [3.05, 3.63) is 35.5 Å². The van der Waals surface area contributed by atoms with Gasteiger partial charge in [-0.25, -0.2) is 13.4 Å². The van der Waals surface area contributed by atoms with Gasteiger partial charge in [-0.05, 0) is 18.2 Å². The summed E-state index contributed by atoms with van der Waals surface area (Å²) in [5, 5.41) is -0.581. The fraction of sp³-hybridized carbons (Fsp3) is 0.231. The molecular weight excluding hydrogens is 426 g/mol. The second-order valence-electron chi connectivity index (χ2n) is 4.89. The van der Waals surface area contributed by atoms with Crippen molar-refractivity contribution in [1.82, 2.24) is 4.98 Å². The molecule has 1 heterocycles. The molecule has 0 saturated heterocycles. The number of carbonyl (C=O) groups is 1. The van der Waals surface area contributed by atoms with Crippen LogP contribution >= 0.6 is 11.3 Å². The Morgan fingerprint density at radius 1 is 1.15 bits per heavy atom. The number of thiazole rings is 1. The zero-order chi connectivity index (χ0) is 20.6. The number of anilines is 1. The molecule has 1 aromatic heterocycles. The molecule has 2 aromatic rings. The van der Waals surface area contributed by atoms with Gasteiger partial charge in [0.05, 0.1) is 22.2 Å². The van der Waals surface area contributed by atoms with Gasteiger partial charge in [0.25, 0.3) is 10.0 Å². The zero-order valence-corrected chi connectivity index (χ0v) is 14.6. The number of hydrogen-bond acceptors (Lipinski definition) is 6. The van der Waals surface area contributed by atoms with E-state index in [1.54, 1.807) is 4.72 Å². The minimum atomic E-state index is -5.36. The van der Waals surface area contributed by atoms with Crippen molar-refractivity contribution in [1.29, 1.82) is 0 Å². The molecule has 0 saturated carbocycles. The van der Waals surface area contributed by atoms with Crippen molar-refractivity contribution in [2.24, 2.45) is 0 Å². The molecule has 0 fully saturated rings. The molecule has 0 aliphatic carbocycles. The van der Waals surface area contributed by atoms with Crippen molar-refractivity contribution >= 4 is 32.5 Å². The number of nitrogens with zero attached hydrogens (tertiary/aromatic N) is 1. The molecule has 0 radical (unpaired) electrons. The summed E-state index contributed by atoms with van der Waals surface area (Å²) < 4.78 is 108. The van der Waals surface area contributed by atoms with Crippen LogP contribution < -0.4 is 9.46 Å². The van der Waals surface area contributed by atoms with E-state index in [0.29, 0.717) is 11.3 Å². The molecule has 0 unspecified atom stereocenters. The van der Waals surface area contributed by atoms with E-state index in [1.807, 2.05) is 0 Å². The highest BCUT2D eigenvalue weighted by atomic mass is 32.2. The van der Waals surface area contributed by atoms with Crippen molar-refractivity contribution in [3.63, 3.8) is 0 Å². The van der Waals surface area contributed by atoms with Crippen molar-refractivity contribution in [2.75, 3.05) is 4.72 Å². The van der Waals surface area contributed by atoms with Crippen LogP contribution in [-0.4, -0.2) is 19.4 Å². The lowest BCUT2D eigenvalue weighted by Crippen LogP contribution is -2.20. The summed E-state index contributed by atoms with van der Waals surface area (Å²) in [5.41, 5.74) is -3.64. The maximum absolute atomic E-state index is 13.1. The van der Waals surface area contributed by atoms with E-state index < -0.39 is 49.5 Å². The minimum Gasteiger partial charge on any atom is -0.414 e. The van der Waals surface area contributed by atoms with Gasteiger partial charge in [-0.2, -0.15) is 26.3 Å². The van der Waals surface area contributed by atoms with Crippen LogP contribution in [0.5, 0.6) is 5.06 Å². The molecule has 14 heteroatoms. The topological polar surface area (TPSA) is 85.4 Å². The number of nitrogens with one attached hydrogen (secondary N) is 1. The second-order valence-corrected chi connectivity index (χ2v) is 7.53. The summed E-state index contributed by atoms with van der Waals surface area (Å²) in [6, 6.07) is 0.130. The van der Waals surface area contributed by atoms with E-state index in [4.69, 9.17) is 0 Å². The number of aromatic nitrogens is 1. The second kappa shape index (κ2) is 6.99. The largest absolute Gasteiger partial charge is 0.417 e. The van der Waals surface area contributed by atoms with E-state index in [9.17, 15) is 39.6 Å². The molecule has 148 valence electrons. The van der Waals surface area contributed by atoms with Crippen LogP contribution in [0.1, 0.15) is 18.1 Å². The van der Waals surface area contributed by atoms with E-state index in [-0.39, 0.29) is 23.3 Å². The van der Waals surface area contributed by atoms with Crippen LogP contribution in [0.25, 0.3) is 0 Å². The Bertz CT molecular complexity index is 966. The highest BCUT2D eigenvalue weighted by molar-refractivity contribution is 7.93. The number of hydrogen-bond donors (Lipinski definition) is 1. The van der Waals surface area contributed by atoms with Crippen molar-refractivity contribution < 1.29 is 44.3 Å². The number of ether oxygens (including phenoxy) is 1. The molecule has 0 aliphatic heterocycles. The summed E-state index contributed by atoms with van der Waals surface area (Å²) >= 11 is 0.498. The Balaban J connectivity index is 2.45. The van der Waals surface area contributed by atoms with E-state index in [2.05, 4.69) is 9.72 Å². The van der Waals surface area contributed by atoms with E-state index in [1.165, 1.54) is 0 Å². The molecule has 1 N–H and O–H groups in total. The van der Waals surface area contributed by atoms with Crippen LogP contribution in [0.15, 0.2) is 29.3 Å². The van der Waals surface area contributed by atoms with E-state index in [0.717, 1.165) is 13.1 Å². The van der Waals surface area contributed by atoms with Gasteiger partial charge in [0.15, 0.2) is 5.13 Å². The average molecular weight is 434 g/mol. The molecule has 2 rings (SSSR count). The van der Waals surface area contributed by atoms with E-state index >= 15 is 0 Å². The van der Waals surface area contributed by atoms with Crippen LogP contribution in [0.4, 0.5) is 31.5 Å². The molecular formula is C13H8F6N2O4S2. The number of alkyl halides is 6. The molecule has 27 heavy (non-hydrogen) atoms. The molecule has 6 nitrogen and oxygen atoms in total. The zero-order valence-electron chi connectivity index (χ0n) is 13.0. The summed E-state index contributed by atoms with van der Waals surface area (Å²) in [6.07, 6.45) is -9.51. The molecule has 1 aromatic carbocycles. The fourth-order valence-electron chi connectivity index (χ4n) is 1.83. The number of halogens is 6. The SMILES string of the molecule is CC(=O)Oc1cnc(NS(=O)(=O)c2ccc(C(F)(F)F)cc2C(F)(F)F)s1. The first-order valence-corrected chi connectivity index (χ1v) is 8.95. The summed E-state index contributed by atoms with van der Waals surface area (Å²) in [4.78, 5) is 12.9. The molecule has 0 amide bonds. The Morgan fingerprint density at radius 2 is 1.78 bits per heavy atom. The maximum Gasteiger partial charge on any atom is 0.417 e. The van der Waals surface area contributed by atoms with Crippen LogP contribution in [0.2, 0.25) is 0 Å². The van der Waals surface area contributed by atoms with Gasteiger partial charge in [-0.15, -0.1) is 0 Å². The van der Waals surface area contributed by atoms with Crippen LogP contribution in [-0.2, 0) is 27.2 Å². The first-order chi connectivity index (χ1) is 12.2. The van der Waals surface area contributed by atoms with Gasteiger partial charge in [0.2, 0.25) is 5.06 Å². The fourth-order valence-corrected chi connectivity index (χ4v) is 3.99. The molecule has 0 atom stereocenters. The molecule has 0 aliphatic rings. The number of rotatable bonds is 4. The minimum absolute atomic E-state index is 0.135. The van der Waals surface area contributed by atoms with Crippen LogP contribution in [0.3, 0.4) is 0 Å². The first-order valence-electron chi connectivity index (χ1n) is 6.65. The maximum atomic E-state index is 13.1. The highest BCUT2D eigenvalue weighted by Gasteiger charge is 2.41. The number of sulfonamides is 1. The normalized spacial score (nSPS) is 12.7. The third-order valence-electron chi connectivity index (χ3n) is 2.85. The predicted octanol–water partition coefficient (Wildman–Crippen LogP) is 3.91. The Labute approximate surface area is 151 Å². The Hall–Kier alpha value is -2.35. The van der Waals surface area contributed by atoms with Gasteiger partial charge in [-0.1, -0.05) is 11.3 Å². The Kier molecular flexibility index (Phi) is 5.43. The molecule has 0 spiro atoms. The molecule has 0 bridgehead atoms.